The second kappa shape index (κ2) is 10.1. The molecule has 156 valence electrons. The van der Waals surface area contributed by atoms with Crippen LogP contribution in [0.5, 0.6) is 5.75 Å². The molecular weight excluding hydrogens is 396 g/mol. The highest BCUT2D eigenvalue weighted by molar-refractivity contribution is 7.99. The zero-order valence-electron chi connectivity index (χ0n) is 17.5. The number of carbonyl (C=O) groups is 1. The van der Waals surface area contributed by atoms with Gasteiger partial charge >= 0.3 is 0 Å². The van der Waals surface area contributed by atoms with E-state index in [1.54, 1.807) is 6.08 Å². The summed E-state index contributed by atoms with van der Waals surface area (Å²) in [5.41, 5.74) is 3.03. The van der Waals surface area contributed by atoms with Gasteiger partial charge in [0.25, 0.3) is 0 Å². The van der Waals surface area contributed by atoms with Crippen LogP contribution in [0, 0.1) is 13.8 Å². The third kappa shape index (κ3) is 5.51. The van der Waals surface area contributed by atoms with Gasteiger partial charge in [0.05, 0.1) is 5.75 Å². The van der Waals surface area contributed by atoms with Gasteiger partial charge in [-0.05, 0) is 44.5 Å². The van der Waals surface area contributed by atoms with E-state index in [0.717, 1.165) is 22.6 Å². The van der Waals surface area contributed by atoms with Crippen LogP contribution in [-0.4, -0.2) is 26.4 Å². The number of nitrogens with zero attached hydrogens (tertiary/aromatic N) is 3. The van der Waals surface area contributed by atoms with E-state index in [9.17, 15) is 4.79 Å². The number of allylic oxidation sites excluding steroid dienone is 1. The lowest BCUT2D eigenvalue weighted by molar-refractivity contribution is -0.113. The van der Waals surface area contributed by atoms with Gasteiger partial charge in [0, 0.05) is 12.2 Å². The second-order valence-corrected chi connectivity index (χ2v) is 7.91. The normalized spacial score (nSPS) is 11.7. The fourth-order valence-electron chi connectivity index (χ4n) is 3.03. The lowest BCUT2D eigenvalue weighted by Gasteiger charge is -2.15. The van der Waals surface area contributed by atoms with Gasteiger partial charge in [-0.25, -0.2) is 0 Å². The van der Waals surface area contributed by atoms with Crippen molar-refractivity contribution in [2.45, 2.75) is 38.6 Å². The van der Waals surface area contributed by atoms with Crippen LogP contribution in [0.4, 0.5) is 5.69 Å². The van der Waals surface area contributed by atoms with Gasteiger partial charge in [-0.15, -0.1) is 16.8 Å². The summed E-state index contributed by atoms with van der Waals surface area (Å²) in [4.78, 5) is 12.4. The number of para-hydroxylation sites is 1. The zero-order chi connectivity index (χ0) is 21.5. The topological polar surface area (TPSA) is 69.0 Å². The van der Waals surface area contributed by atoms with E-state index in [-0.39, 0.29) is 17.8 Å². The molecule has 0 bridgehead atoms. The first-order valence-corrected chi connectivity index (χ1v) is 10.7. The molecule has 0 saturated heterocycles. The molecule has 3 rings (SSSR count). The molecule has 2 aromatic carbocycles. The molecule has 1 atom stereocenters. The van der Waals surface area contributed by atoms with Crippen molar-refractivity contribution in [3.8, 4) is 5.75 Å². The van der Waals surface area contributed by atoms with E-state index in [1.165, 1.54) is 11.8 Å². The van der Waals surface area contributed by atoms with Crippen molar-refractivity contribution < 1.29 is 9.53 Å². The summed E-state index contributed by atoms with van der Waals surface area (Å²) in [6.07, 6.45) is 1.49. The Morgan fingerprint density at radius 2 is 2.00 bits per heavy atom. The first-order chi connectivity index (χ1) is 14.5. The Morgan fingerprint density at radius 3 is 2.70 bits per heavy atom. The Balaban J connectivity index is 1.67. The van der Waals surface area contributed by atoms with Crippen molar-refractivity contribution in [2.75, 3.05) is 11.1 Å². The molecule has 30 heavy (non-hydrogen) atoms. The summed E-state index contributed by atoms with van der Waals surface area (Å²) in [5, 5.41) is 12.2. The van der Waals surface area contributed by atoms with E-state index in [4.69, 9.17) is 4.74 Å². The SMILES string of the molecule is C=CCn1c(SCC(=O)Nc2ccc(C)cc2C)nnc1C(C)Oc1ccccc1. The van der Waals surface area contributed by atoms with Crippen molar-refractivity contribution in [3.05, 3.63) is 78.1 Å². The van der Waals surface area contributed by atoms with Crippen LogP contribution in [0.15, 0.2) is 66.3 Å². The molecule has 7 heteroatoms. The number of carbonyl (C=O) groups excluding carboxylic acids is 1. The molecule has 6 nitrogen and oxygen atoms in total. The molecule has 1 heterocycles. The highest BCUT2D eigenvalue weighted by atomic mass is 32.2. The number of aromatic nitrogens is 3. The Labute approximate surface area is 181 Å². The van der Waals surface area contributed by atoms with Gasteiger partial charge in [-0.1, -0.05) is 53.7 Å². The van der Waals surface area contributed by atoms with Gasteiger partial charge < -0.3 is 10.1 Å². The number of hydrogen-bond donors (Lipinski definition) is 1. The third-order valence-electron chi connectivity index (χ3n) is 4.47. The van der Waals surface area contributed by atoms with Gasteiger partial charge in [-0.2, -0.15) is 0 Å². The number of benzene rings is 2. The molecule has 0 saturated carbocycles. The van der Waals surface area contributed by atoms with Crippen molar-refractivity contribution >= 4 is 23.4 Å². The number of aryl methyl sites for hydroxylation is 2. The maximum absolute atomic E-state index is 12.4. The molecule has 0 aliphatic heterocycles. The molecule has 0 radical (unpaired) electrons. The minimum absolute atomic E-state index is 0.0877. The van der Waals surface area contributed by atoms with E-state index in [1.807, 2.05) is 73.9 Å². The Bertz CT molecular complexity index is 1020. The molecule has 0 spiro atoms. The molecule has 1 N–H and O–H groups in total. The molecule has 0 aliphatic carbocycles. The summed E-state index contributed by atoms with van der Waals surface area (Å²) in [7, 11) is 0. The Morgan fingerprint density at radius 1 is 1.23 bits per heavy atom. The Hall–Kier alpha value is -3.06. The molecule has 3 aromatic rings. The van der Waals surface area contributed by atoms with Gasteiger partial charge in [0.15, 0.2) is 17.1 Å². The number of anilines is 1. The maximum atomic E-state index is 12.4. The van der Waals surface area contributed by atoms with Crippen LogP contribution in [0.1, 0.15) is 30.0 Å². The largest absolute Gasteiger partial charge is 0.483 e. The van der Waals surface area contributed by atoms with Gasteiger partial charge in [0.1, 0.15) is 5.75 Å². The third-order valence-corrected chi connectivity index (χ3v) is 5.43. The number of hydrogen-bond acceptors (Lipinski definition) is 5. The first kappa shape index (κ1) is 21.6. The number of amides is 1. The minimum Gasteiger partial charge on any atom is -0.483 e. The van der Waals surface area contributed by atoms with Crippen molar-refractivity contribution in [2.24, 2.45) is 0 Å². The summed E-state index contributed by atoms with van der Waals surface area (Å²) in [5.74, 6) is 1.60. The van der Waals surface area contributed by atoms with Crippen LogP contribution >= 0.6 is 11.8 Å². The van der Waals surface area contributed by atoms with Crippen LogP contribution < -0.4 is 10.1 Å². The summed E-state index contributed by atoms with van der Waals surface area (Å²) < 4.78 is 7.91. The highest BCUT2D eigenvalue weighted by Crippen LogP contribution is 2.25. The van der Waals surface area contributed by atoms with E-state index in [0.29, 0.717) is 17.5 Å². The molecule has 1 aromatic heterocycles. The van der Waals surface area contributed by atoms with E-state index < -0.39 is 0 Å². The molecular formula is C23H26N4O2S. The van der Waals surface area contributed by atoms with Gasteiger partial charge in [0.2, 0.25) is 5.91 Å². The van der Waals surface area contributed by atoms with Gasteiger partial charge in [-0.3, -0.25) is 9.36 Å². The smallest absolute Gasteiger partial charge is 0.234 e. The average molecular weight is 423 g/mol. The number of thioether (sulfide) groups is 1. The lowest BCUT2D eigenvalue weighted by Crippen LogP contribution is -2.16. The molecule has 1 amide bonds. The average Bonchev–Trinajstić information content (AvgIpc) is 3.12. The minimum atomic E-state index is -0.293. The predicted molar refractivity (Wildman–Crippen MR) is 121 cm³/mol. The van der Waals surface area contributed by atoms with Crippen molar-refractivity contribution in [1.82, 2.24) is 14.8 Å². The van der Waals surface area contributed by atoms with Crippen molar-refractivity contribution in [1.29, 1.82) is 0 Å². The standard InChI is InChI=1S/C23H26N4O2S/c1-5-13-27-22(18(4)29-19-9-7-6-8-10-19)25-26-23(27)30-15-21(28)24-20-12-11-16(2)14-17(20)3/h5-12,14,18H,1,13,15H2,2-4H3,(H,24,28). The number of rotatable bonds is 9. The van der Waals surface area contributed by atoms with Crippen LogP contribution in [0.2, 0.25) is 0 Å². The Kier molecular flexibility index (Phi) is 7.30. The summed E-state index contributed by atoms with van der Waals surface area (Å²) in [6, 6.07) is 15.5. The van der Waals surface area contributed by atoms with E-state index in [2.05, 4.69) is 22.1 Å². The van der Waals surface area contributed by atoms with Crippen LogP contribution in [0.25, 0.3) is 0 Å². The van der Waals surface area contributed by atoms with E-state index >= 15 is 0 Å². The number of ether oxygens (including phenoxy) is 1. The number of nitrogens with one attached hydrogen (secondary N) is 1. The second-order valence-electron chi connectivity index (χ2n) is 6.97. The van der Waals surface area contributed by atoms with Crippen molar-refractivity contribution in [3.63, 3.8) is 0 Å². The summed E-state index contributed by atoms with van der Waals surface area (Å²) in [6.45, 7) is 10.3. The molecule has 0 aliphatic rings. The lowest BCUT2D eigenvalue weighted by atomic mass is 10.1. The van der Waals surface area contributed by atoms with Crippen LogP contribution in [-0.2, 0) is 11.3 Å². The predicted octanol–water partition coefficient (Wildman–Crippen LogP) is 4.95. The fourth-order valence-corrected chi connectivity index (χ4v) is 3.79. The highest BCUT2D eigenvalue weighted by Gasteiger charge is 2.20. The quantitative estimate of drug-likeness (QED) is 0.390. The summed E-state index contributed by atoms with van der Waals surface area (Å²) >= 11 is 1.34. The zero-order valence-corrected chi connectivity index (χ0v) is 18.3. The van der Waals surface area contributed by atoms with Crippen LogP contribution in [0.3, 0.4) is 0 Å². The monoisotopic (exact) mass is 422 g/mol. The maximum Gasteiger partial charge on any atom is 0.234 e. The first-order valence-electron chi connectivity index (χ1n) is 9.73. The fraction of sp³-hybridized carbons (Fsp3) is 0.261. The molecule has 0 fully saturated rings. The molecule has 1 unspecified atom stereocenters.